The van der Waals surface area contributed by atoms with Gasteiger partial charge in [-0.2, -0.15) is 18.3 Å². The molecule has 4 N–H and O–H groups in total. The van der Waals surface area contributed by atoms with Crippen LogP contribution in [0, 0.1) is 0 Å². The van der Waals surface area contributed by atoms with Gasteiger partial charge in [0.15, 0.2) is 0 Å². The number of hydrogen-bond donors (Lipinski definition) is 3. The number of primary amides is 1. The highest BCUT2D eigenvalue weighted by Gasteiger charge is 2.33. The third-order valence-corrected chi connectivity index (χ3v) is 4.40. The third-order valence-electron chi connectivity index (χ3n) is 4.40. The van der Waals surface area contributed by atoms with Crippen molar-refractivity contribution < 1.29 is 27.9 Å². The summed E-state index contributed by atoms with van der Waals surface area (Å²) in [6, 6.07) is 5.79. The highest BCUT2D eigenvalue weighted by Crippen LogP contribution is 2.28. The van der Waals surface area contributed by atoms with Gasteiger partial charge in [0.1, 0.15) is 16.9 Å². The number of rotatable bonds is 6. The molecule has 8 nitrogen and oxygen atoms in total. The number of nitrogens with one attached hydrogen (secondary N) is 1. The zero-order valence-electron chi connectivity index (χ0n) is 16.7. The van der Waals surface area contributed by atoms with E-state index >= 15 is 0 Å². The molecule has 0 saturated carbocycles. The van der Waals surface area contributed by atoms with E-state index in [9.17, 15) is 27.9 Å². The van der Waals surface area contributed by atoms with Crippen molar-refractivity contribution in [3.63, 3.8) is 0 Å². The lowest BCUT2D eigenvalue weighted by atomic mass is 10.1. The van der Waals surface area contributed by atoms with Gasteiger partial charge in [-0.3, -0.25) is 14.3 Å². The molecular formula is C20H20F3N5O3. The predicted molar refractivity (Wildman–Crippen MR) is 106 cm³/mol. The molecule has 2 aromatic heterocycles. The minimum Gasteiger partial charge on any atom is -0.390 e. The summed E-state index contributed by atoms with van der Waals surface area (Å²) in [5, 5.41) is 17.1. The van der Waals surface area contributed by atoms with Crippen LogP contribution in [0.25, 0.3) is 10.9 Å². The number of nitrogens with zero attached hydrogens (tertiary/aromatic N) is 3. The molecule has 3 aromatic rings. The molecule has 0 saturated heterocycles. The molecule has 0 spiro atoms. The summed E-state index contributed by atoms with van der Waals surface area (Å²) in [5.74, 6) is -1.67. The number of benzene rings is 1. The molecule has 2 amide bonds. The lowest BCUT2D eigenvalue weighted by Crippen LogP contribution is -2.21. The van der Waals surface area contributed by atoms with E-state index in [2.05, 4.69) is 15.4 Å². The van der Waals surface area contributed by atoms with E-state index in [1.807, 2.05) is 0 Å². The minimum atomic E-state index is -4.69. The van der Waals surface area contributed by atoms with E-state index < -0.39 is 35.0 Å². The first-order chi connectivity index (χ1) is 14.3. The van der Waals surface area contributed by atoms with E-state index in [1.165, 1.54) is 16.8 Å². The fraction of sp³-hybridized carbons (Fsp3) is 0.300. The fourth-order valence-corrected chi connectivity index (χ4v) is 2.86. The van der Waals surface area contributed by atoms with Gasteiger partial charge in [0.05, 0.1) is 11.2 Å². The maximum absolute atomic E-state index is 12.8. The topological polar surface area (TPSA) is 123 Å². The molecule has 0 aliphatic heterocycles. The third kappa shape index (κ3) is 5.37. The van der Waals surface area contributed by atoms with Gasteiger partial charge in [-0.25, -0.2) is 4.98 Å². The summed E-state index contributed by atoms with van der Waals surface area (Å²) in [4.78, 5) is 27.7. The number of aryl methyl sites for hydroxylation is 1. The molecule has 11 heteroatoms. The van der Waals surface area contributed by atoms with Crippen LogP contribution in [0.3, 0.4) is 0 Å². The van der Waals surface area contributed by atoms with Gasteiger partial charge < -0.3 is 16.2 Å². The Morgan fingerprint density at radius 1 is 1.23 bits per heavy atom. The number of carbonyl (C=O) groups is 2. The van der Waals surface area contributed by atoms with Crippen molar-refractivity contribution in [1.82, 2.24) is 14.8 Å². The first kappa shape index (κ1) is 22.2. The molecule has 3 rings (SSSR count). The smallest absolute Gasteiger partial charge is 0.390 e. The van der Waals surface area contributed by atoms with Crippen LogP contribution in [0.5, 0.6) is 0 Å². The highest BCUT2D eigenvalue weighted by atomic mass is 19.4. The molecule has 0 unspecified atom stereocenters. The lowest BCUT2D eigenvalue weighted by Gasteiger charge is -2.16. The molecule has 31 heavy (non-hydrogen) atoms. The average molecular weight is 435 g/mol. The Morgan fingerprint density at radius 2 is 1.94 bits per heavy atom. The van der Waals surface area contributed by atoms with Gasteiger partial charge in [0.2, 0.25) is 0 Å². The summed E-state index contributed by atoms with van der Waals surface area (Å²) in [7, 11) is 0. The first-order valence-electron chi connectivity index (χ1n) is 9.22. The van der Waals surface area contributed by atoms with Crippen LogP contribution < -0.4 is 11.1 Å². The Hall–Kier alpha value is -3.47. The monoisotopic (exact) mass is 435 g/mol. The number of carbonyl (C=O) groups excluding carboxylic acids is 2. The Morgan fingerprint density at radius 3 is 2.55 bits per heavy atom. The quantitative estimate of drug-likeness (QED) is 0.549. The molecule has 0 radical (unpaired) electrons. The molecule has 2 heterocycles. The van der Waals surface area contributed by atoms with Crippen LogP contribution in [0.15, 0.2) is 36.5 Å². The number of anilines is 1. The number of fused-ring (bicyclic) bond motifs is 1. The van der Waals surface area contributed by atoms with Crippen LogP contribution in [0.4, 0.5) is 18.9 Å². The standard InChI is InChI=1S/C20H20F3N5O3/c1-19(2,31)6-7-28-10-11-8-12(9-13(17(24)29)16(11)27-28)25-18(30)14-4-3-5-15(26-14)20(21,22)23/h3-5,8-10,31H,6-7H2,1-2H3,(H2,24,29)(H,25,30). The minimum absolute atomic E-state index is 0.0341. The fourth-order valence-electron chi connectivity index (χ4n) is 2.86. The number of amides is 2. The van der Waals surface area contributed by atoms with Crippen molar-refractivity contribution >= 4 is 28.4 Å². The molecule has 1 aromatic carbocycles. The summed E-state index contributed by atoms with van der Waals surface area (Å²) >= 11 is 0. The molecular weight excluding hydrogens is 415 g/mol. The van der Waals surface area contributed by atoms with Crippen molar-refractivity contribution in [2.45, 2.75) is 38.6 Å². The van der Waals surface area contributed by atoms with Crippen LogP contribution in [0.1, 0.15) is 46.8 Å². The summed E-state index contributed by atoms with van der Waals surface area (Å²) in [6.07, 6.45) is -2.67. The number of aromatic nitrogens is 3. The lowest BCUT2D eigenvalue weighted by molar-refractivity contribution is -0.141. The zero-order chi connectivity index (χ0) is 23.0. The van der Waals surface area contributed by atoms with Gasteiger partial charge in [0.25, 0.3) is 11.8 Å². The molecule has 0 aliphatic carbocycles. The maximum atomic E-state index is 12.8. The van der Waals surface area contributed by atoms with E-state index in [0.717, 1.165) is 18.2 Å². The Labute approximate surface area is 174 Å². The number of halogens is 3. The van der Waals surface area contributed by atoms with Gasteiger partial charge >= 0.3 is 6.18 Å². The maximum Gasteiger partial charge on any atom is 0.433 e. The summed E-state index contributed by atoms with van der Waals surface area (Å²) in [6.45, 7) is 3.67. The normalized spacial score (nSPS) is 12.2. The van der Waals surface area contributed by atoms with E-state index in [0.29, 0.717) is 23.9 Å². The van der Waals surface area contributed by atoms with Gasteiger partial charge in [-0.15, -0.1) is 0 Å². The summed E-state index contributed by atoms with van der Waals surface area (Å²) < 4.78 is 40.1. The van der Waals surface area contributed by atoms with Crippen LogP contribution in [0.2, 0.25) is 0 Å². The van der Waals surface area contributed by atoms with Crippen LogP contribution in [-0.4, -0.2) is 37.3 Å². The van der Waals surface area contributed by atoms with Gasteiger partial charge in [-0.1, -0.05) is 6.07 Å². The van der Waals surface area contributed by atoms with Crippen LogP contribution in [-0.2, 0) is 12.7 Å². The number of hydrogen-bond acceptors (Lipinski definition) is 5. The predicted octanol–water partition coefficient (Wildman–Crippen LogP) is 2.96. The number of pyridine rings is 1. The number of nitrogens with two attached hydrogens (primary N) is 1. The molecule has 0 fully saturated rings. The zero-order valence-corrected chi connectivity index (χ0v) is 16.7. The second-order valence-electron chi connectivity index (χ2n) is 7.64. The van der Waals surface area contributed by atoms with E-state index in [1.54, 1.807) is 20.0 Å². The van der Waals surface area contributed by atoms with Crippen molar-refractivity contribution in [2.75, 3.05) is 5.32 Å². The second kappa shape index (κ2) is 7.99. The van der Waals surface area contributed by atoms with Crippen molar-refractivity contribution in [3.8, 4) is 0 Å². The molecule has 0 bridgehead atoms. The van der Waals surface area contributed by atoms with E-state index in [-0.39, 0.29) is 11.3 Å². The highest BCUT2D eigenvalue weighted by molar-refractivity contribution is 6.09. The van der Waals surface area contributed by atoms with Crippen molar-refractivity contribution in [2.24, 2.45) is 5.73 Å². The van der Waals surface area contributed by atoms with Crippen molar-refractivity contribution in [3.05, 3.63) is 53.5 Å². The largest absolute Gasteiger partial charge is 0.433 e. The molecule has 0 atom stereocenters. The second-order valence-corrected chi connectivity index (χ2v) is 7.64. The average Bonchev–Trinajstić information content (AvgIpc) is 3.07. The number of alkyl halides is 3. The Balaban J connectivity index is 1.92. The van der Waals surface area contributed by atoms with Crippen molar-refractivity contribution in [1.29, 1.82) is 0 Å². The molecule has 164 valence electrons. The Bertz CT molecular complexity index is 1150. The first-order valence-corrected chi connectivity index (χ1v) is 9.22. The summed E-state index contributed by atoms with van der Waals surface area (Å²) in [5.41, 5.74) is 3.37. The SMILES string of the molecule is CC(C)(O)CCn1cc2cc(NC(=O)c3cccc(C(F)(F)F)n3)cc(C(N)=O)c2n1. The molecule has 0 aliphatic rings. The van der Waals surface area contributed by atoms with Gasteiger partial charge in [0, 0.05) is 23.8 Å². The Kier molecular flexibility index (Phi) is 5.72. The van der Waals surface area contributed by atoms with E-state index in [4.69, 9.17) is 5.73 Å². The van der Waals surface area contributed by atoms with Gasteiger partial charge in [-0.05, 0) is 44.5 Å². The van der Waals surface area contributed by atoms with Crippen LogP contribution >= 0.6 is 0 Å². The number of aliphatic hydroxyl groups is 1.